The van der Waals surface area contributed by atoms with Gasteiger partial charge in [-0.2, -0.15) is 0 Å². The van der Waals surface area contributed by atoms with Crippen molar-refractivity contribution in [1.29, 1.82) is 0 Å². The molecule has 1 heterocycles. The summed E-state index contributed by atoms with van der Waals surface area (Å²) >= 11 is 0. The van der Waals surface area contributed by atoms with E-state index in [2.05, 4.69) is 51.8 Å². The second kappa shape index (κ2) is 8.60. The number of nitrogens with one attached hydrogen (secondary N) is 2. The molecule has 1 aromatic heterocycles. The maximum atomic E-state index is 12.3. The van der Waals surface area contributed by atoms with Crippen LogP contribution in [-0.2, 0) is 6.54 Å². The van der Waals surface area contributed by atoms with Crippen molar-refractivity contribution in [3.8, 4) is 0 Å². The van der Waals surface area contributed by atoms with Gasteiger partial charge in [-0.1, -0.05) is 55.5 Å². The molecule has 1 amide bonds. The molecule has 3 rings (SSSR count). The summed E-state index contributed by atoms with van der Waals surface area (Å²) in [6, 6.07) is 8.62. The molecule has 1 aliphatic rings. The van der Waals surface area contributed by atoms with E-state index >= 15 is 0 Å². The van der Waals surface area contributed by atoms with E-state index in [1.807, 2.05) is 0 Å². The van der Waals surface area contributed by atoms with Crippen LogP contribution in [0.15, 0.2) is 36.7 Å². The van der Waals surface area contributed by atoms with Gasteiger partial charge >= 0.3 is 0 Å². The Labute approximate surface area is 149 Å². The van der Waals surface area contributed by atoms with Gasteiger partial charge in [-0.05, 0) is 25.3 Å². The first-order chi connectivity index (χ1) is 12.2. The van der Waals surface area contributed by atoms with Gasteiger partial charge in [0.1, 0.15) is 11.5 Å². The monoisotopic (exact) mass is 338 g/mol. The second-order valence-electron chi connectivity index (χ2n) is 6.79. The molecule has 0 atom stereocenters. The van der Waals surface area contributed by atoms with Crippen LogP contribution in [-0.4, -0.2) is 21.9 Å². The van der Waals surface area contributed by atoms with E-state index in [4.69, 9.17) is 0 Å². The van der Waals surface area contributed by atoms with E-state index in [0.29, 0.717) is 18.1 Å². The fourth-order valence-electron chi connectivity index (χ4n) is 3.12. The maximum Gasteiger partial charge on any atom is 0.271 e. The summed E-state index contributed by atoms with van der Waals surface area (Å²) in [5, 5.41) is 6.33. The topological polar surface area (TPSA) is 66.9 Å². The lowest BCUT2D eigenvalue weighted by molar-refractivity contribution is 0.0928. The summed E-state index contributed by atoms with van der Waals surface area (Å²) < 4.78 is 0. The van der Waals surface area contributed by atoms with Gasteiger partial charge in [0.25, 0.3) is 5.91 Å². The highest BCUT2D eigenvalue weighted by Crippen LogP contribution is 2.17. The van der Waals surface area contributed by atoms with Gasteiger partial charge in [0.15, 0.2) is 0 Å². The number of hydrogen-bond donors (Lipinski definition) is 2. The molecule has 0 saturated heterocycles. The molecule has 0 spiro atoms. The smallest absolute Gasteiger partial charge is 0.271 e. The Balaban J connectivity index is 1.52. The molecule has 25 heavy (non-hydrogen) atoms. The molecule has 0 bridgehead atoms. The maximum absolute atomic E-state index is 12.3. The van der Waals surface area contributed by atoms with Crippen molar-refractivity contribution in [3.63, 3.8) is 0 Å². The number of anilines is 1. The molecular weight excluding hydrogens is 312 g/mol. The van der Waals surface area contributed by atoms with Crippen LogP contribution in [0.1, 0.15) is 60.1 Å². The number of carbonyl (C=O) groups excluding carboxylic acids is 1. The Hall–Kier alpha value is -2.43. The number of rotatable bonds is 5. The molecule has 0 aliphatic heterocycles. The van der Waals surface area contributed by atoms with Crippen LogP contribution in [0, 0.1) is 6.92 Å². The molecule has 1 saturated carbocycles. The summed E-state index contributed by atoms with van der Waals surface area (Å²) in [6.07, 6.45) is 10.2. The normalized spacial score (nSPS) is 15.4. The zero-order valence-corrected chi connectivity index (χ0v) is 14.8. The summed E-state index contributed by atoms with van der Waals surface area (Å²) in [5.74, 6) is 0.552. The van der Waals surface area contributed by atoms with Crippen molar-refractivity contribution >= 4 is 11.7 Å². The van der Waals surface area contributed by atoms with Gasteiger partial charge in [-0.3, -0.25) is 4.79 Å². The standard InChI is InChI=1S/C20H26N4O/c1-15-8-10-16(11-9-15)12-22-19-14-21-18(13-23-19)20(25)24-17-6-4-2-3-5-7-17/h8-11,13-14,17H,2-7,12H2,1H3,(H,22,23)(H,24,25). The summed E-state index contributed by atoms with van der Waals surface area (Å²) in [6.45, 7) is 2.75. The number of carbonyl (C=O) groups is 1. The molecule has 1 aliphatic carbocycles. The van der Waals surface area contributed by atoms with Gasteiger partial charge in [-0.15, -0.1) is 0 Å². The molecule has 5 heteroatoms. The highest BCUT2D eigenvalue weighted by molar-refractivity contribution is 5.92. The quantitative estimate of drug-likeness (QED) is 0.813. The minimum atomic E-state index is -0.121. The van der Waals surface area contributed by atoms with E-state index < -0.39 is 0 Å². The van der Waals surface area contributed by atoms with E-state index in [9.17, 15) is 4.79 Å². The van der Waals surface area contributed by atoms with Crippen molar-refractivity contribution in [3.05, 3.63) is 53.5 Å². The van der Waals surface area contributed by atoms with Crippen molar-refractivity contribution < 1.29 is 4.79 Å². The predicted molar refractivity (Wildman–Crippen MR) is 99.5 cm³/mol. The van der Waals surface area contributed by atoms with Crippen LogP contribution in [0.4, 0.5) is 5.82 Å². The van der Waals surface area contributed by atoms with Crippen LogP contribution < -0.4 is 10.6 Å². The number of nitrogens with zero attached hydrogens (tertiary/aromatic N) is 2. The van der Waals surface area contributed by atoms with Gasteiger partial charge in [0.2, 0.25) is 0 Å². The zero-order valence-electron chi connectivity index (χ0n) is 14.8. The minimum Gasteiger partial charge on any atom is -0.365 e. The van der Waals surface area contributed by atoms with Crippen LogP contribution in [0.3, 0.4) is 0 Å². The van der Waals surface area contributed by atoms with Crippen LogP contribution in [0.25, 0.3) is 0 Å². The molecule has 2 aromatic rings. The lowest BCUT2D eigenvalue weighted by Gasteiger charge is -2.15. The molecule has 5 nitrogen and oxygen atoms in total. The highest BCUT2D eigenvalue weighted by atomic mass is 16.1. The van der Waals surface area contributed by atoms with Crippen molar-refractivity contribution in [2.75, 3.05) is 5.32 Å². The first kappa shape index (κ1) is 17.4. The SMILES string of the molecule is Cc1ccc(CNc2cnc(C(=O)NC3CCCCCC3)cn2)cc1. The van der Waals surface area contributed by atoms with E-state index in [1.165, 1.54) is 36.8 Å². The first-order valence-electron chi connectivity index (χ1n) is 9.13. The van der Waals surface area contributed by atoms with Gasteiger partial charge in [0.05, 0.1) is 12.4 Å². The average molecular weight is 338 g/mol. The summed E-state index contributed by atoms with van der Waals surface area (Å²) in [7, 11) is 0. The molecule has 0 unspecified atom stereocenters. The minimum absolute atomic E-state index is 0.121. The fourth-order valence-corrected chi connectivity index (χ4v) is 3.12. The fraction of sp³-hybridized carbons (Fsp3) is 0.450. The number of amides is 1. The summed E-state index contributed by atoms with van der Waals surface area (Å²) in [4.78, 5) is 20.9. The third-order valence-corrected chi connectivity index (χ3v) is 4.67. The molecule has 1 fully saturated rings. The van der Waals surface area contributed by atoms with E-state index in [1.54, 1.807) is 12.4 Å². The van der Waals surface area contributed by atoms with Crippen molar-refractivity contribution in [2.45, 2.75) is 58.0 Å². The summed E-state index contributed by atoms with van der Waals surface area (Å²) in [5.41, 5.74) is 2.81. The lowest BCUT2D eigenvalue weighted by atomic mass is 10.1. The van der Waals surface area contributed by atoms with Gasteiger partial charge in [-0.25, -0.2) is 9.97 Å². The van der Waals surface area contributed by atoms with Gasteiger partial charge in [0, 0.05) is 12.6 Å². The predicted octanol–water partition coefficient (Wildman–Crippen LogP) is 3.85. The molecule has 2 N–H and O–H groups in total. The third kappa shape index (κ3) is 5.28. The van der Waals surface area contributed by atoms with Crippen molar-refractivity contribution in [1.82, 2.24) is 15.3 Å². The van der Waals surface area contributed by atoms with E-state index in [-0.39, 0.29) is 11.9 Å². The Morgan fingerprint density at radius 2 is 1.76 bits per heavy atom. The van der Waals surface area contributed by atoms with Crippen LogP contribution >= 0.6 is 0 Å². The van der Waals surface area contributed by atoms with E-state index in [0.717, 1.165) is 12.8 Å². The number of aromatic nitrogens is 2. The molecule has 0 radical (unpaired) electrons. The van der Waals surface area contributed by atoms with Crippen LogP contribution in [0.5, 0.6) is 0 Å². The van der Waals surface area contributed by atoms with Gasteiger partial charge < -0.3 is 10.6 Å². The second-order valence-corrected chi connectivity index (χ2v) is 6.79. The number of benzene rings is 1. The average Bonchev–Trinajstić information content (AvgIpc) is 2.90. The zero-order chi connectivity index (χ0) is 17.5. The highest BCUT2D eigenvalue weighted by Gasteiger charge is 2.16. The first-order valence-corrected chi connectivity index (χ1v) is 9.13. The third-order valence-electron chi connectivity index (χ3n) is 4.67. The molecule has 132 valence electrons. The van der Waals surface area contributed by atoms with Crippen LogP contribution in [0.2, 0.25) is 0 Å². The Morgan fingerprint density at radius 3 is 2.40 bits per heavy atom. The Kier molecular flexibility index (Phi) is 5.99. The number of aryl methyl sites for hydroxylation is 1. The Morgan fingerprint density at radius 1 is 1.04 bits per heavy atom. The molecular formula is C20H26N4O. The lowest BCUT2D eigenvalue weighted by Crippen LogP contribution is -2.34. The molecule has 1 aromatic carbocycles. The largest absolute Gasteiger partial charge is 0.365 e. The number of hydrogen-bond acceptors (Lipinski definition) is 4. The Bertz CT molecular complexity index is 674. The van der Waals surface area contributed by atoms with Crippen molar-refractivity contribution in [2.24, 2.45) is 0 Å².